The van der Waals surface area contributed by atoms with Crippen LogP contribution in [0.4, 0.5) is 0 Å². The molecule has 8 nitrogen and oxygen atoms in total. The Hall–Kier alpha value is -3.55. The fraction of sp³-hybridized carbons (Fsp3) is 0.400. The summed E-state index contributed by atoms with van der Waals surface area (Å²) in [6.07, 6.45) is 2.09. The largest absolute Gasteiger partial charge is 0.454 e. The number of nitrogens with zero attached hydrogens (tertiary/aromatic N) is 3. The third-order valence-electron chi connectivity index (χ3n) is 6.28. The molecule has 33 heavy (non-hydrogen) atoms. The molecule has 2 aliphatic heterocycles. The summed E-state index contributed by atoms with van der Waals surface area (Å²) in [5, 5.41) is 3.79. The van der Waals surface area contributed by atoms with Crippen LogP contribution in [0.2, 0.25) is 0 Å². The lowest BCUT2D eigenvalue weighted by atomic mass is 9.98. The first kappa shape index (κ1) is 21.3. The minimum atomic E-state index is -0.927. The molecule has 0 bridgehead atoms. The van der Waals surface area contributed by atoms with Gasteiger partial charge in [-0.1, -0.05) is 19.9 Å². The van der Waals surface area contributed by atoms with Crippen molar-refractivity contribution >= 4 is 22.8 Å². The van der Waals surface area contributed by atoms with Crippen LogP contribution in [-0.4, -0.2) is 51.7 Å². The molecule has 0 aliphatic carbocycles. The Labute approximate surface area is 192 Å². The molecule has 1 fully saturated rings. The summed E-state index contributed by atoms with van der Waals surface area (Å²) in [5.41, 5.74) is 2.19. The van der Waals surface area contributed by atoms with Crippen molar-refractivity contribution in [3.05, 3.63) is 42.2 Å². The van der Waals surface area contributed by atoms with E-state index in [-0.39, 0.29) is 18.6 Å². The molecule has 2 amide bonds. The van der Waals surface area contributed by atoms with E-state index in [1.54, 1.807) is 24.8 Å². The molecular formula is C25H28N4O4. The third-order valence-corrected chi connectivity index (χ3v) is 6.28. The molecule has 0 atom stereocenters. The minimum absolute atomic E-state index is 0.156. The van der Waals surface area contributed by atoms with E-state index in [9.17, 15) is 9.59 Å². The number of carbonyl (C=O) groups is 2. The SMILES string of the molecule is CC(C)Cn1cc(-c2ccc3c(c2)OCO3)c2ccc(C(=O)N3CCNC(=O)C3(C)C)nc21. The smallest absolute Gasteiger partial charge is 0.273 e. The van der Waals surface area contributed by atoms with Crippen molar-refractivity contribution in [2.24, 2.45) is 5.92 Å². The lowest BCUT2D eigenvalue weighted by Crippen LogP contribution is -2.63. The van der Waals surface area contributed by atoms with Crippen LogP contribution in [0.25, 0.3) is 22.2 Å². The second-order valence-electron chi connectivity index (χ2n) is 9.50. The molecule has 3 aromatic rings. The van der Waals surface area contributed by atoms with E-state index in [1.807, 2.05) is 24.3 Å². The molecule has 5 rings (SSSR count). The number of ether oxygens (including phenoxy) is 2. The van der Waals surface area contributed by atoms with Crippen molar-refractivity contribution in [1.29, 1.82) is 0 Å². The molecule has 2 aliphatic rings. The van der Waals surface area contributed by atoms with Crippen LogP contribution in [0.1, 0.15) is 38.2 Å². The molecule has 172 valence electrons. The number of hydrogen-bond donors (Lipinski definition) is 1. The number of aromatic nitrogens is 2. The summed E-state index contributed by atoms with van der Waals surface area (Å²) in [5.74, 6) is 1.47. The fourth-order valence-electron chi connectivity index (χ4n) is 4.50. The molecular weight excluding hydrogens is 420 g/mol. The van der Waals surface area contributed by atoms with Gasteiger partial charge in [-0.25, -0.2) is 4.98 Å². The average Bonchev–Trinajstić information content (AvgIpc) is 3.38. The molecule has 0 spiro atoms. The highest BCUT2D eigenvalue weighted by Crippen LogP contribution is 2.38. The summed E-state index contributed by atoms with van der Waals surface area (Å²) in [6, 6.07) is 9.60. The maximum Gasteiger partial charge on any atom is 0.273 e. The van der Waals surface area contributed by atoms with Gasteiger partial charge in [0.05, 0.1) is 0 Å². The highest BCUT2D eigenvalue weighted by Gasteiger charge is 2.41. The zero-order chi connectivity index (χ0) is 23.3. The Morgan fingerprint density at radius 1 is 1.18 bits per heavy atom. The molecule has 2 aromatic heterocycles. The van der Waals surface area contributed by atoms with E-state index in [1.165, 1.54) is 0 Å². The van der Waals surface area contributed by atoms with Crippen LogP contribution in [0, 0.1) is 5.92 Å². The molecule has 1 saturated heterocycles. The Morgan fingerprint density at radius 2 is 1.97 bits per heavy atom. The number of rotatable bonds is 4. The molecule has 0 saturated carbocycles. The van der Waals surface area contributed by atoms with Gasteiger partial charge in [-0.3, -0.25) is 9.59 Å². The van der Waals surface area contributed by atoms with Crippen LogP contribution in [-0.2, 0) is 11.3 Å². The Kier molecular flexibility index (Phi) is 5.03. The highest BCUT2D eigenvalue weighted by atomic mass is 16.7. The first-order valence-corrected chi connectivity index (χ1v) is 11.3. The van der Waals surface area contributed by atoms with Crippen LogP contribution in [0.15, 0.2) is 36.5 Å². The van der Waals surface area contributed by atoms with Crippen LogP contribution < -0.4 is 14.8 Å². The zero-order valence-electron chi connectivity index (χ0n) is 19.3. The predicted octanol–water partition coefficient (Wildman–Crippen LogP) is 3.44. The predicted molar refractivity (Wildman–Crippen MR) is 124 cm³/mol. The fourth-order valence-corrected chi connectivity index (χ4v) is 4.50. The maximum atomic E-state index is 13.4. The van der Waals surface area contributed by atoms with Crippen LogP contribution in [0.5, 0.6) is 11.5 Å². The molecule has 0 radical (unpaired) electrons. The number of hydrogen-bond acceptors (Lipinski definition) is 5. The van der Waals surface area contributed by atoms with Gasteiger partial charge in [0, 0.05) is 36.8 Å². The standard InChI is InChI=1S/C25H28N4O4/c1-15(2)12-28-13-18(16-5-8-20-21(11-16)33-14-32-20)17-6-7-19(27-22(17)28)23(30)29-10-9-26-24(31)25(29,3)4/h5-8,11,13,15H,9-10,12,14H2,1-4H3,(H,26,31). The van der Waals surface area contributed by atoms with Gasteiger partial charge in [-0.05, 0) is 49.6 Å². The first-order valence-electron chi connectivity index (χ1n) is 11.3. The zero-order valence-corrected chi connectivity index (χ0v) is 19.3. The maximum absolute atomic E-state index is 13.4. The summed E-state index contributed by atoms with van der Waals surface area (Å²) >= 11 is 0. The van der Waals surface area contributed by atoms with Crippen molar-refractivity contribution in [3.8, 4) is 22.6 Å². The highest BCUT2D eigenvalue weighted by molar-refractivity contribution is 6.01. The number of nitrogens with one attached hydrogen (secondary N) is 1. The molecule has 0 unspecified atom stereocenters. The van der Waals surface area contributed by atoms with Crippen molar-refractivity contribution in [1.82, 2.24) is 19.8 Å². The van der Waals surface area contributed by atoms with E-state index in [0.29, 0.717) is 24.7 Å². The summed E-state index contributed by atoms with van der Waals surface area (Å²) in [6.45, 7) is 9.70. The lowest BCUT2D eigenvalue weighted by molar-refractivity contribution is -0.133. The average molecular weight is 449 g/mol. The quantitative estimate of drug-likeness (QED) is 0.661. The summed E-state index contributed by atoms with van der Waals surface area (Å²) < 4.78 is 13.1. The molecule has 8 heteroatoms. The number of benzene rings is 1. The van der Waals surface area contributed by atoms with Gasteiger partial charge < -0.3 is 24.3 Å². The van der Waals surface area contributed by atoms with Crippen molar-refractivity contribution < 1.29 is 19.1 Å². The number of piperazine rings is 1. The topological polar surface area (TPSA) is 85.7 Å². The van der Waals surface area contributed by atoms with E-state index < -0.39 is 5.54 Å². The van der Waals surface area contributed by atoms with Gasteiger partial charge in [0.15, 0.2) is 11.5 Å². The number of pyridine rings is 1. The van der Waals surface area contributed by atoms with Gasteiger partial charge in [0.25, 0.3) is 5.91 Å². The molecule has 1 aromatic carbocycles. The summed E-state index contributed by atoms with van der Waals surface area (Å²) in [7, 11) is 0. The second kappa shape index (κ2) is 7.79. The van der Waals surface area contributed by atoms with Crippen molar-refractivity contribution in [2.75, 3.05) is 19.9 Å². The summed E-state index contributed by atoms with van der Waals surface area (Å²) in [4.78, 5) is 32.1. The first-order chi connectivity index (χ1) is 15.8. The van der Waals surface area contributed by atoms with Gasteiger partial charge in [0.1, 0.15) is 16.9 Å². The van der Waals surface area contributed by atoms with Gasteiger partial charge in [-0.2, -0.15) is 0 Å². The molecule has 1 N–H and O–H groups in total. The third kappa shape index (κ3) is 3.59. The molecule has 4 heterocycles. The van der Waals surface area contributed by atoms with Crippen molar-refractivity contribution in [3.63, 3.8) is 0 Å². The second-order valence-corrected chi connectivity index (χ2v) is 9.50. The number of amides is 2. The number of fused-ring (bicyclic) bond motifs is 2. The monoisotopic (exact) mass is 448 g/mol. The van der Waals surface area contributed by atoms with E-state index >= 15 is 0 Å². The Bertz CT molecular complexity index is 1260. The van der Waals surface area contributed by atoms with Gasteiger partial charge in [-0.15, -0.1) is 0 Å². The van der Waals surface area contributed by atoms with E-state index in [2.05, 4.69) is 29.9 Å². The van der Waals surface area contributed by atoms with E-state index in [4.69, 9.17) is 14.5 Å². The lowest BCUT2D eigenvalue weighted by Gasteiger charge is -2.40. The Balaban J connectivity index is 1.58. The number of carbonyl (C=O) groups excluding carboxylic acids is 2. The van der Waals surface area contributed by atoms with E-state index in [0.717, 1.165) is 40.2 Å². The Morgan fingerprint density at radius 3 is 2.76 bits per heavy atom. The normalized spacial score (nSPS) is 17.0. The van der Waals surface area contributed by atoms with Crippen LogP contribution in [0.3, 0.4) is 0 Å². The minimum Gasteiger partial charge on any atom is -0.454 e. The van der Waals surface area contributed by atoms with Gasteiger partial charge in [0.2, 0.25) is 12.7 Å². The van der Waals surface area contributed by atoms with Crippen LogP contribution >= 0.6 is 0 Å². The van der Waals surface area contributed by atoms with Gasteiger partial charge >= 0.3 is 0 Å². The van der Waals surface area contributed by atoms with Crippen molar-refractivity contribution in [2.45, 2.75) is 39.8 Å².